The lowest BCUT2D eigenvalue weighted by Gasteiger charge is -2.39. The molecule has 17 heavy (non-hydrogen) atoms. The van der Waals surface area contributed by atoms with Crippen LogP contribution in [-0.2, 0) is 0 Å². The molecule has 2 rings (SSSR count). The summed E-state index contributed by atoms with van der Waals surface area (Å²) in [5.74, 6) is 0.889. The predicted octanol–water partition coefficient (Wildman–Crippen LogP) is 2.89. The molecule has 0 spiro atoms. The fourth-order valence-electron chi connectivity index (χ4n) is 3.87. The Morgan fingerprint density at radius 1 is 1.24 bits per heavy atom. The Morgan fingerprint density at radius 3 is 2.59 bits per heavy atom. The third-order valence-electron chi connectivity index (χ3n) is 4.94. The standard InChI is InChI=1S/C15H30N2/c1-4-17(12-13-7-6-10-16-11-13)14-8-5-9-15(14,2)3/h13-14,16H,4-12H2,1-3H3. The first kappa shape index (κ1) is 13.4. The summed E-state index contributed by atoms with van der Waals surface area (Å²) < 4.78 is 0. The highest BCUT2D eigenvalue weighted by atomic mass is 15.2. The SMILES string of the molecule is CCN(CC1CCCNC1)C1CCCC1(C)C. The minimum atomic E-state index is 0.540. The first-order chi connectivity index (χ1) is 8.13. The minimum Gasteiger partial charge on any atom is -0.316 e. The molecule has 2 atom stereocenters. The molecule has 100 valence electrons. The Labute approximate surface area is 107 Å². The molecule has 2 aliphatic rings. The van der Waals surface area contributed by atoms with Gasteiger partial charge in [0.2, 0.25) is 0 Å². The van der Waals surface area contributed by atoms with Gasteiger partial charge in [0.15, 0.2) is 0 Å². The van der Waals surface area contributed by atoms with Crippen LogP contribution >= 0.6 is 0 Å². The van der Waals surface area contributed by atoms with Crippen molar-refractivity contribution in [2.24, 2.45) is 11.3 Å². The van der Waals surface area contributed by atoms with Crippen LogP contribution in [0.25, 0.3) is 0 Å². The van der Waals surface area contributed by atoms with Crippen molar-refractivity contribution >= 4 is 0 Å². The number of hydrogen-bond acceptors (Lipinski definition) is 2. The Hall–Kier alpha value is -0.0800. The van der Waals surface area contributed by atoms with E-state index < -0.39 is 0 Å². The van der Waals surface area contributed by atoms with Crippen molar-refractivity contribution in [2.75, 3.05) is 26.2 Å². The Balaban J connectivity index is 1.91. The second-order valence-corrected chi connectivity index (χ2v) is 6.70. The molecule has 2 fully saturated rings. The molecule has 0 aromatic carbocycles. The van der Waals surface area contributed by atoms with Crippen LogP contribution in [0.15, 0.2) is 0 Å². The molecule has 2 heteroatoms. The highest BCUT2D eigenvalue weighted by Gasteiger charge is 2.38. The van der Waals surface area contributed by atoms with Gasteiger partial charge in [0, 0.05) is 12.6 Å². The van der Waals surface area contributed by atoms with Crippen LogP contribution < -0.4 is 5.32 Å². The summed E-state index contributed by atoms with van der Waals surface area (Å²) >= 11 is 0. The highest BCUT2D eigenvalue weighted by molar-refractivity contribution is 4.92. The smallest absolute Gasteiger partial charge is 0.0146 e. The van der Waals surface area contributed by atoms with Crippen molar-refractivity contribution in [3.63, 3.8) is 0 Å². The van der Waals surface area contributed by atoms with Gasteiger partial charge in [-0.25, -0.2) is 0 Å². The van der Waals surface area contributed by atoms with Crippen molar-refractivity contribution < 1.29 is 0 Å². The summed E-state index contributed by atoms with van der Waals surface area (Å²) in [5, 5.41) is 3.55. The zero-order chi connectivity index (χ0) is 12.3. The topological polar surface area (TPSA) is 15.3 Å². The van der Waals surface area contributed by atoms with Crippen molar-refractivity contribution in [3.05, 3.63) is 0 Å². The summed E-state index contributed by atoms with van der Waals surface area (Å²) in [6, 6.07) is 0.828. The molecule has 1 N–H and O–H groups in total. The zero-order valence-electron chi connectivity index (χ0n) is 12.0. The van der Waals surface area contributed by atoms with Crippen molar-refractivity contribution in [2.45, 2.75) is 58.9 Å². The molecule has 0 radical (unpaired) electrons. The van der Waals surface area contributed by atoms with Gasteiger partial charge in [-0.1, -0.05) is 27.2 Å². The van der Waals surface area contributed by atoms with Gasteiger partial charge in [-0.3, -0.25) is 4.90 Å². The molecule has 0 amide bonds. The van der Waals surface area contributed by atoms with E-state index in [0.29, 0.717) is 5.41 Å². The maximum absolute atomic E-state index is 3.55. The highest BCUT2D eigenvalue weighted by Crippen LogP contribution is 2.40. The van der Waals surface area contributed by atoms with Crippen LogP contribution in [-0.4, -0.2) is 37.1 Å². The van der Waals surface area contributed by atoms with E-state index in [4.69, 9.17) is 0 Å². The molecule has 0 aromatic rings. The first-order valence-electron chi connectivity index (χ1n) is 7.58. The first-order valence-corrected chi connectivity index (χ1v) is 7.58. The largest absolute Gasteiger partial charge is 0.316 e. The number of nitrogens with zero attached hydrogens (tertiary/aromatic N) is 1. The van der Waals surface area contributed by atoms with E-state index >= 15 is 0 Å². The molecule has 0 aromatic heterocycles. The molecule has 2 unspecified atom stereocenters. The van der Waals surface area contributed by atoms with E-state index in [1.54, 1.807) is 0 Å². The molecule has 1 heterocycles. The fourth-order valence-corrected chi connectivity index (χ4v) is 3.87. The number of rotatable bonds is 4. The third-order valence-corrected chi connectivity index (χ3v) is 4.94. The van der Waals surface area contributed by atoms with E-state index in [-0.39, 0.29) is 0 Å². The lowest BCUT2D eigenvalue weighted by atomic mass is 9.85. The van der Waals surface area contributed by atoms with E-state index in [0.717, 1.165) is 12.0 Å². The van der Waals surface area contributed by atoms with Crippen molar-refractivity contribution in [1.29, 1.82) is 0 Å². The average Bonchev–Trinajstić information content (AvgIpc) is 2.67. The zero-order valence-corrected chi connectivity index (χ0v) is 12.0. The average molecular weight is 238 g/mol. The summed E-state index contributed by atoms with van der Waals surface area (Å²) in [6.45, 7) is 12.3. The molecule has 1 aliphatic heterocycles. The quantitative estimate of drug-likeness (QED) is 0.810. The van der Waals surface area contributed by atoms with Gasteiger partial charge in [-0.2, -0.15) is 0 Å². The number of hydrogen-bond donors (Lipinski definition) is 1. The van der Waals surface area contributed by atoms with Gasteiger partial charge in [0.25, 0.3) is 0 Å². The van der Waals surface area contributed by atoms with Crippen molar-refractivity contribution in [1.82, 2.24) is 10.2 Å². The summed E-state index contributed by atoms with van der Waals surface area (Å²) in [6.07, 6.45) is 7.06. The van der Waals surface area contributed by atoms with Crippen LogP contribution in [0.5, 0.6) is 0 Å². The van der Waals surface area contributed by atoms with Crippen LogP contribution in [0.2, 0.25) is 0 Å². The minimum absolute atomic E-state index is 0.540. The van der Waals surface area contributed by atoms with Crippen LogP contribution in [0.3, 0.4) is 0 Å². The molecular weight excluding hydrogens is 208 g/mol. The molecule has 2 nitrogen and oxygen atoms in total. The van der Waals surface area contributed by atoms with E-state index in [1.165, 1.54) is 58.3 Å². The lowest BCUT2D eigenvalue weighted by Crippen LogP contribution is -2.46. The van der Waals surface area contributed by atoms with Gasteiger partial charge < -0.3 is 5.32 Å². The Morgan fingerprint density at radius 2 is 2.06 bits per heavy atom. The molecule has 1 saturated carbocycles. The van der Waals surface area contributed by atoms with Crippen LogP contribution in [0.1, 0.15) is 52.9 Å². The van der Waals surface area contributed by atoms with Gasteiger partial charge >= 0.3 is 0 Å². The van der Waals surface area contributed by atoms with E-state index in [9.17, 15) is 0 Å². The van der Waals surface area contributed by atoms with Gasteiger partial charge in [-0.05, 0) is 56.7 Å². The lowest BCUT2D eigenvalue weighted by molar-refractivity contribution is 0.0947. The second kappa shape index (κ2) is 5.71. The summed E-state index contributed by atoms with van der Waals surface area (Å²) in [5.41, 5.74) is 0.540. The van der Waals surface area contributed by atoms with E-state index in [2.05, 4.69) is 31.0 Å². The summed E-state index contributed by atoms with van der Waals surface area (Å²) in [4.78, 5) is 2.77. The Bertz CT molecular complexity index is 231. The van der Waals surface area contributed by atoms with Gasteiger partial charge in [-0.15, -0.1) is 0 Å². The number of piperidine rings is 1. The second-order valence-electron chi connectivity index (χ2n) is 6.70. The molecule has 0 bridgehead atoms. The van der Waals surface area contributed by atoms with Gasteiger partial charge in [0.1, 0.15) is 0 Å². The molecular formula is C15H30N2. The van der Waals surface area contributed by atoms with Crippen LogP contribution in [0.4, 0.5) is 0 Å². The van der Waals surface area contributed by atoms with Crippen molar-refractivity contribution in [3.8, 4) is 0 Å². The summed E-state index contributed by atoms with van der Waals surface area (Å²) in [7, 11) is 0. The Kier molecular flexibility index (Phi) is 4.48. The maximum Gasteiger partial charge on any atom is 0.0146 e. The van der Waals surface area contributed by atoms with Gasteiger partial charge in [0.05, 0.1) is 0 Å². The molecule has 1 aliphatic carbocycles. The van der Waals surface area contributed by atoms with Crippen LogP contribution in [0, 0.1) is 11.3 Å². The normalized spacial score (nSPS) is 33.2. The molecule has 1 saturated heterocycles. The monoisotopic (exact) mass is 238 g/mol. The third kappa shape index (κ3) is 3.23. The maximum atomic E-state index is 3.55. The fraction of sp³-hybridized carbons (Fsp3) is 1.00. The van der Waals surface area contributed by atoms with E-state index in [1.807, 2.05) is 0 Å². The predicted molar refractivity (Wildman–Crippen MR) is 74.3 cm³/mol. The number of nitrogens with one attached hydrogen (secondary N) is 1.